The van der Waals surface area contributed by atoms with Gasteiger partial charge in [-0.15, -0.1) is 0 Å². The second-order valence-corrected chi connectivity index (χ2v) is 5.83. The number of anilines is 1. The molecule has 0 saturated carbocycles. The topological polar surface area (TPSA) is 76.7 Å². The van der Waals surface area contributed by atoms with Crippen molar-refractivity contribution < 1.29 is 19.1 Å². The molecule has 8 heteroatoms. The molecule has 0 spiro atoms. The van der Waals surface area contributed by atoms with E-state index in [1.807, 2.05) is 0 Å². The fraction of sp³-hybridized carbons (Fsp3) is 0.125. The van der Waals surface area contributed by atoms with Gasteiger partial charge >= 0.3 is 0 Å². The molecule has 1 heterocycles. The van der Waals surface area contributed by atoms with Crippen LogP contribution in [0, 0.1) is 0 Å². The number of hydrogen-bond donors (Lipinski definition) is 2. The predicted octanol–water partition coefficient (Wildman–Crippen LogP) is 3.09. The number of amides is 2. The van der Waals surface area contributed by atoms with E-state index in [4.69, 9.17) is 32.7 Å². The van der Waals surface area contributed by atoms with Crippen LogP contribution in [-0.2, 0) is 4.79 Å². The number of ether oxygens (including phenoxy) is 2. The Bertz CT molecular complexity index is 790. The van der Waals surface area contributed by atoms with E-state index in [1.165, 1.54) is 0 Å². The maximum absolute atomic E-state index is 12.1. The van der Waals surface area contributed by atoms with Crippen LogP contribution >= 0.6 is 23.2 Å². The summed E-state index contributed by atoms with van der Waals surface area (Å²) in [5.41, 5.74) is 0.827. The standard InChI is InChI=1S/C16H12Cl2N2O4/c17-10-4-11(18)6-12(5-10)20-15(21)7-19-16(22)9-1-2-13-14(3-9)24-8-23-13/h1-6H,7-8H2,(H,19,22)(H,20,21). The summed E-state index contributed by atoms with van der Waals surface area (Å²) >= 11 is 11.7. The quantitative estimate of drug-likeness (QED) is 0.871. The average molecular weight is 367 g/mol. The van der Waals surface area contributed by atoms with Gasteiger partial charge in [-0.05, 0) is 36.4 Å². The Morgan fingerprint density at radius 1 is 1.00 bits per heavy atom. The Kier molecular flexibility index (Phi) is 4.78. The summed E-state index contributed by atoms with van der Waals surface area (Å²) in [5, 5.41) is 5.94. The van der Waals surface area contributed by atoms with Crippen molar-refractivity contribution in [3.05, 3.63) is 52.0 Å². The van der Waals surface area contributed by atoms with Crippen LogP contribution in [0.15, 0.2) is 36.4 Å². The number of hydrogen-bond acceptors (Lipinski definition) is 4. The van der Waals surface area contributed by atoms with Gasteiger partial charge in [0.1, 0.15) is 0 Å². The molecule has 0 aromatic heterocycles. The monoisotopic (exact) mass is 366 g/mol. The highest BCUT2D eigenvalue weighted by Gasteiger charge is 2.16. The molecule has 0 atom stereocenters. The summed E-state index contributed by atoms with van der Waals surface area (Å²) in [6, 6.07) is 9.48. The van der Waals surface area contributed by atoms with Gasteiger partial charge < -0.3 is 20.1 Å². The number of carbonyl (C=O) groups excluding carboxylic acids is 2. The number of nitrogens with one attached hydrogen (secondary N) is 2. The van der Waals surface area contributed by atoms with E-state index in [9.17, 15) is 9.59 Å². The third kappa shape index (κ3) is 3.90. The molecule has 2 N–H and O–H groups in total. The summed E-state index contributed by atoms with van der Waals surface area (Å²) in [5.74, 6) is 0.290. The normalized spacial score (nSPS) is 11.9. The second-order valence-electron chi connectivity index (χ2n) is 4.96. The molecule has 6 nitrogen and oxygen atoms in total. The Hall–Kier alpha value is -2.44. The molecule has 0 saturated heterocycles. The number of benzene rings is 2. The summed E-state index contributed by atoms with van der Waals surface area (Å²) < 4.78 is 10.4. The van der Waals surface area contributed by atoms with Crippen LogP contribution in [0.2, 0.25) is 10.0 Å². The van der Waals surface area contributed by atoms with Crippen LogP contribution in [0.25, 0.3) is 0 Å². The third-order valence-electron chi connectivity index (χ3n) is 3.19. The van der Waals surface area contributed by atoms with Crippen LogP contribution in [0.4, 0.5) is 5.69 Å². The lowest BCUT2D eigenvalue weighted by atomic mass is 10.2. The first kappa shape index (κ1) is 16.4. The molecule has 124 valence electrons. The summed E-state index contributed by atoms with van der Waals surface area (Å²) in [7, 11) is 0. The van der Waals surface area contributed by atoms with Crippen LogP contribution < -0.4 is 20.1 Å². The van der Waals surface area contributed by atoms with E-state index in [2.05, 4.69) is 10.6 Å². The highest BCUT2D eigenvalue weighted by molar-refractivity contribution is 6.35. The molecule has 1 aliphatic rings. The summed E-state index contributed by atoms with van der Waals surface area (Å²) in [6.45, 7) is -0.0670. The molecule has 0 unspecified atom stereocenters. The fourth-order valence-corrected chi connectivity index (χ4v) is 2.66. The number of carbonyl (C=O) groups is 2. The van der Waals surface area contributed by atoms with Crippen LogP contribution in [0.5, 0.6) is 11.5 Å². The van der Waals surface area contributed by atoms with Crippen molar-refractivity contribution in [2.75, 3.05) is 18.7 Å². The molecular formula is C16H12Cl2N2O4. The van der Waals surface area contributed by atoms with Crippen molar-refractivity contribution >= 4 is 40.7 Å². The van der Waals surface area contributed by atoms with Gasteiger partial charge in [-0.25, -0.2) is 0 Å². The molecule has 2 aromatic rings. The predicted molar refractivity (Wildman–Crippen MR) is 90.0 cm³/mol. The summed E-state index contributed by atoms with van der Waals surface area (Å²) in [6.07, 6.45) is 0. The Labute approximate surface area is 147 Å². The van der Waals surface area contributed by atoms with E-state index < -0.39 is 11.8 Å². The first-order valence-electron chi connectivity index (χ1n) is 6.95. The van der Waals surface area contributed by atoms with Crippen molar-refractivity contribution in [2.24, 2.45) is 0 Å². The SMILES string of the molecule is O=C(CNC(=O)c1ccc2c(c1)OCO2)Nc1cc(Cl)cc(Cl)c1. The van der Waals surface area contributed by atoms with E-state index in [0.717, 1.165) is 0 Å². The van der Waals surface area contributed by atoms with Crippen LogP contribution in [0.3, 0.4) is 0 Å². The van der Waals surface area contributed by atoms with Crippen molar-refractivity contribution in [3.8, 4) is 11.5 Å². The molecule has 1 aliphatic heterocycles. The smallest absolute Gasteiger partial charge is 0.251 e. The molecule has 24 heavy (non-hydrogen) atoms. The lowest BCUT2D eigenvalue weighted by Crippen LogP contribution is -2.32. The van der Waals surface area contributed by atoms with Crippen LogP contribution in [-0.4, -0.2) is 25.2 Å². The summed E-state index contributed by atoms with van der Waals surface area (Å²) in [4.78, 5) is 24.0. The highest BCUT2D eigenvalue weighted by Crippen LogP contribution is 2.32. The minimum Gasteiger partial charge on any atom is -0.454 e. The first-order chi connectivity index (χ1) is 11.5. The van der Waals surface area contributed by atoms with Gasteiger partial charge in [-0.3, -0.25) is 9.59 Å². The Morgan fingerprint density at radius 2 is 1.71 bits per heavy atom. The largest absolute Gasteiger partial charge is 0.454 e. The lowest BCUT2D eigenvalue weighted by molar-refractivity contribution is -0.115. The zero-order valence-electron chi connectivity index (χ0n) is 12.3. The fourth-order valence-electron chi connectivity index (χ4n) is 2.13. The van der Waals surface area contributed by atoms with Gasteiger partial charge in [0, 0.05) is 21.3 Å². The van der Waals surface area contributed by atoms with E-state index in [0.29, 0.717) is 32.8 Å². The molecule has 0 radical (unpaired) electrons. The Morgan fingerprint density at radius 3 is 2.46 bits per heavy atom. The average Bonchev–Trinajstić information content (AvgIpc) is 2.99. The molecule has 2 amide bonds. The molecule has 0 fully saturated rings. The molecule has 0 aliphatic carbocycles. The van der Waals surface area contributed by atoms with Gasteiger partial charge in [0.05, 0.1) is 6.54 Å². The zero-order chi connectivity index (χ0) is 17.1. The minimum atomic E-state index is -0.401. The molecule has 2 aromatic carbocycles. The first-order valence-corrected chi connectivity index (χ1v) is 7.70. The van der Waals surface area contributed by atoms with Crippen molar-refractivity contribution in [1.29, 1.82) is 0 Å². The van der Waals surface area contributed by atoms with Gasteiger partial charge in [-0.2, -0.15) is 0 Å². The minimum absolute atomic E-state index is 0.130. The molecule has 0 bridgehead atoms. The number of halogens is 2. The lowest BCUT2D eigenvalue weighted by Gasteiger charge is -2.08. The van der Waals surface area contributed by atoms with Gasteiger partial charge in [0.15, 0.2) is 11.5 Å². The maximum atomic E-state index is 12.1. The second kappa shape index (κ2) is 6.98. The Balaban J connectivity index is 1.56. The molecular weight excluding hydrogens is 355 g/mol. The maximum Gasteiger partial charge on any atom is 0.251 e. The van der Waals surface area contributed by atoms with E-state index >= 15 is 0 Å². The molecule has 3 rings (SSSR count). The van der Waals surface area contributed by atoms with Gasteiger partial charge in [0.2, 0.25) is 12.7 Å². The zero-order valence-corrected chi connectivity index (χ0v) is 13.8. The van der Waals surface area contributed by atoms with Crippen molar-refractivity contribution in [2.45, 2.75) is 0 Å². The van der Waals surface area contributed by atoms with Crippen molar-refractivity contribution in [3.63, 3.8) is 0 Å². The highest BCUT2D eigenvalue weighted by atomic mass is 35.5. The third-order valence-corrected chi connectivity index (χ3v) is 3.63. The van der Waals surface area contributed by atoms with E-state index in [-0.39, 0.29) is 13.3 Å². The van der Waals surface area contributed by atoms with Crippen molar-refractivity contribution in [1.82, 2.24) is 5.32 Å². The van der Waals surface area contributed by atoms with Crippen LogP contribution in [0.1, 0.15) is 10.4 Å². The van der Waals surface area contributed by atoms with Gasteiger partial charge in [0.25, 0.3) is 5.91 Å². The van der Waals surface area contributed by atoms with Gasteiger partial charge in [-0.1, -0.05) is 23.2 Å². The van der Waals surface area contributed by atoms with E-state index in [1.54, 1.807) is 36.4 Å². The number of fused-ring (bicyclic) bond motifs is 1. The number of rotatable bonds is 4.